The van der Waals surface area contributed by atoms with E-state index in [1.165, 1.54) is 0 Å². The molecule has 4 rings (SSSR count). The highest BCUT2D eigenvalue weighted by Crippen LogP contribution is 2.36. The number of hydrogen-bond donors (Lipinski definition) is 1. The maximum absolute atomic E-state index is 13.3. The van der Waals surface area contributed by atoms with E-state index in [-0.39, 0.29) is 25.0 Å². The second kappa shape index (κ2) is 17.5. The molecule has 1 heterocycles. The van der Waals surface area contributed by atoms with Crippen LogP contribution >= 0.6 is 0 Å². The van der Waals surface area contributed by atoms with Crippen molar-refractivity contribution in [2.45, 2.75) is 52.1 Å². The van der Waals surface area contributed by atoms with Crippen LogP contribution in [0.1, 0.15) is 55.8 Å². The van der Waals surface area contributed by atoms with E-state index in [4.69, 9.17) is 23.7 Å². The van der Waals surface area contributed by atoms with Crippen LogP contribution in [0.3, 0.4) is 0 Å². The smallest absolute Gasteiger partial charge is 0.224 e. The lowest BCUT2D eigenvalue weighted by Gasteiger charge is -2.23. The molecule has 1 fully saturated rings. The summed E-state index contributed by atoms with van der Waals surface area (Å²) < 4.78 is 27.9. The molecule has 1 saturated heterocycles. The number of likely N-dealkylation sites (tertiary alicyclic amines) is 1. The van der Waals surface area contributed by atoms with E-state index in [0.717, 1.165) is 42.5 Å². The highest BCUT2D eigenvalue weighted by Gasteiger charge is 2.23. The summed E-state index contributed by atoms with van der Waals surface area (Å²) in [6.07, 6.45) is 4.61. The number of ether oxygens (including phenoxy) is 5. The first kappa shape index (κ1) is 34.8. The van der Waals surface area contributed by atoms with Crippen LogP contribution < -0.4 is 29.0 Å². The Balaban J connectivity index is 0.00000271. The molecule has 45 heavy (non-hydrogen) atoms. The molecule has 2 amide bonds. The molecule has 10 nitrogen and oxygen atoms in total. The van der Waals surface area contributed by atoms with Crippen molar-refractivity contribution in [3.63, 3.8) is 0 Å². The Morgan fingerprint density at radius 2 is 1.62 bits per heavy atom. The zero-order chi connectivity index (χ0) is 32.8. The Morgan fingerprint density at radius 1 is 0.933 bits per heavy atom. The third-order valence-electron chi connectivity index (χ3n) is 7.44. The van der Waals surface area contributed by atoms with E-state index in [9.17, 15) is 9.59 Å². The number of carbonyl (C=O) groups excluding carboxylic acids is 2. The molecule has 1 aliphatic rings. The van der Waals surface area contributed by atoms with Crippen LogP contribution in [0.4, 0.5) is 5.69 Å². The Labute approximate surface area is 266 Å². The van der Waals surface area contributed by atoms with Crippen molar-refractivity contribution < 1.29 is 33.3 Å². The van der Waals surface area contributed by atoms with E-state index in [1.807, 2.05) is 63.2 Å². The summed E-state index contributed by atoms with van der Waals surface area (Å²) in [7, 11) is 6.35. The third-order valence-corrected chi connectivity index (χ3v) is 7.44. The second-order valence-electron chi connectivity index (χ2n) is 10.1. The number of amides is 2. The lowest BCUT2D eigenvalue weighted by Crippen LogP contribution is -2.30. The number of aryl methyl sites for hydroxylation is 1. The molecule has 1 aliphatic heterocycles. The molecule has 1 N–H and O–H groups in total. The van der Waals surface area contributed by atoms with Gasteiger partial charge in [0.1, 0.15) is 17.2 Å². The van der Waals surface area contributed by atoms with Gasteiger partial charge in [0.25, 0.3) is 0 Å². The molecule has 3 aromatic rings. The fourth-order valence-corrected chi connectivity index (χ4v) is 5.02. The van der Waals surface area contributed by atoms with Gasteiger partial charge in [-0.3, -0.25) is 14.6 Å². The summed E-state index contributed by atoms with van der Waals surface area (Å²) in [6.45, 7) is 6.79. The van der Waals surface area contributed by atoms with Gasteiger partial charge in [-0.1, -0.05) is 26.0 Å². The summed E-state index contributed by atoms with van der Waals surface area (Å²) in [4.78, 5) is 30.9. The molecular weight excluding hydrogens is 574 g/mol. The van der Waals surface area contributed by atoms with Gasteiger partial charge in [0.05, 0.1) is 59.2 Å². The van der Waals surface area contributed by atoms with Gasteiger partial charge in [-0.2, -0.15) is 0 Å². The van der Waals surface area contributed by atoms with E-state index in [0.29, 0.717) is 34.4 Å². The fourth-order valence-electron chi connectivity index (χ4n) is 5.02. The SMILES string of the molecule is CC.COc1ccc(C(NC(=O)CCOc2cc(N=CC3CCCN3C=O)c(C)cc2OC)c2ccc(OC)cc2OC)cc1. The average Bonchev–Trinajstić information content (AvgIpc) is 3.55. The lowest BCUT2D eigenvalue weighted by atomic mass is 9.97. The van der Waals surface area contributed by atoms with E-state index < -0.39 is 6.04 Å². The Bertz CT molecular complexity index is 1430. The van der Waals surface area contributed by atoms with Crippen molar-refractivity contribution in [1.29, 1.82) is 0 Å². The molecule has 0 aliphatic carbocycles. The average molecular weight is 620 g/mol. The van der Waals surface area contributed by atoms with E-state index in [1.54, 1.807) is 51.7 Å². The molecule has 10 heteroatoms. The molecule has 3 aromatic carbocycles. The predicted molar refractivity (Wildman–Crippen MR) is 176 cm³/mol. The summed E-state index contributed by atoms with van der Waals surface area (Å²) in [5.41, 5.74) is 3.26. The Morgan fingerprint density at radius 3 is 2.27 bits per heavy atom. The van der Waals surface area contributed by atoms with Crippen LogP contribution in [0.15, 0.2) is 59.6 Å². The van der Waals surface area contributed by atoms with Crippen LogP contribution in [-0.2, 0) is 9.59 Å². The van der Waals surface area contributed by atoms with Gasteiger partial charge in [-0.15, -0.1) is 0 Å². The van der Waals surface area contributed by atoms with Crippen LogP contribution in [0.2, 0.25) is 0 Å². The summed E-state index contributed by atoms with van der Waals surface area (Å²) in [5, 5.41) is 3.13. The minimum absolute atomic E-state index is 0.0185. The Hall–Kier alpha value is -4.73. The zero-order valence-electron chi connectivity index (χ0n) is 27.3. The van der Waals surface area contributed by atoms with Crippen LogP contribution in [-0.4, -0.2) is 71.1 Å². The molecule has 0 aromatic heterocycles. The number of nitrogens with one attached hydrogen (secondary N) is 1. The number of hydrogen-bond acceptors (Lipinski definition) is 8. The van der Waals surface area contributed by atoms with Crippen LogP contribution in [0.5, 0.6) is 28.7 Å². The van der Waals surface area contributed by atoms with Gasteiger partial charge in [0.2, 0.25) is 12.3 Å². The van der Waals surface area contributed by atoms with Gasteiger partial charge in [0, 0.05) is 30.5 Å². The molecule has 2 atom stereocenters. The van der Waals surface area contributed by atoms with Crippen molar-refractivity contribution in [3.05, 3.63) is 71.3 Å². The highest BCUT2D eigenvalue weighted by atomic mass is 16.5. The molecule has 0 radical (unpaired) electrons. The fraction of sp³-hybridized carbons (Fsp3) is 0.400. The third kappa shape index (κ3) is 9.14. The number of aliphatic imine (C=N–C) groups is 1. The number of methoxy groups -OCH3 is 4. The Kier molecular flexibility index (Phi) is 13.5. The van der Waals surface area contributed by atoms with Gasteiger partial charge in [-0.05, 0) is 61.2 Å². The number of nitrogens with zero attached hydrogens (tertiary/aromatic N) is 2. The van der Waals surface area contributed by atoms with Gasteiger partial charge in [-0.25, -0.2) is 0 Å². The number of benzene rings is 3. The van der Waals surface area contributed by atoms with Gasteiger partial charge >= 0.3 is 0 Å². The lowest BCUT2D eigenvalue weighted by molar-refractivity contribution is -0.122. The predicted octanol–water partition coefficient (Wildman–Crippen LogP) is 6.05. The van der Waals surface area contributed by atoms with Crippen molar-refractivity contribution >= 4 is 24.2 Å². The highest BCUT2D eigenvalue weighted by molar-refractivity contribution is 5.77. The monoisotopic (exact) mass is 619 g/mol. The first-order valence-electron chi connectivity index (χ1n) is 15.1. The molecule has 2 unspecified atom stereocenters. The molecule has 0 saturated carbocycles. The quantitative estimate of drug-likeness (QED) is 0.173. The van der Waals surface area contributed by atoms with Crippen molar-refractivity contribution in [3.8, 4) is 28.7 Å². The first-order valence-corrected chi connectivity index (χ1v) is 15.1. The molecule has 0 spiro atoms. The van der Waals surface area contributed by atoms with Crippen molar-refractivity contribution in [2.24, 2.45) is 4.99 Å². The minimum atomic E-state index is -0.490. The van der Waals surface area contributed by atoms with Gasteiger partial charge in [0.15, 0.2) is 11.5 Å². The minimum Gasteiger partial charge on any atom is -0.497 e. The molecular formula is C35H45N3O7. The summed E-state index contributed by atoms with van der Waals surface area (Å²) >= 11 is 0. The zero-order valence-corrected chi connectivity index (χ0v) is 27.3. The van der Waals surface area contributed by atoms with E-state index >= 15 is 0 Å². The maximum atomic E-state index is 13.3. The van der Waals surface area contributed by atoms with Gasteiger partial charge < -0.3 is 33.9 Å². The van der Waals surface area contributed by atoms with E-state index in [2.05, 4.69) is 10.3 Å². The summed E-state index contributed by atoms with van der Waals surface area (Å²) in [6, 6.07) is 16.1. The molecule has 0 bridgehead atoms. The normalized spacial score (nSPS) is 14.6. The topological polar surface area (TPSA) is 108 Å². The number of rotatable bonds is 14. The van der Waals surface area contributed by atoms with Crippen LogP contribution in [0, 0.1) is 6.92 Å². The van der Waals surface area contributed by atoms with Crippen molar-refractivity contribution in [1.82, 2.24) is 10.2 Å². The maximum Gasteiger partial charge on any atom is 0.224 e. The van der Waals surface area contributed by atoms with Crippen LogP contribution in [0.25, 0.3) is 0 Å². The number of carbonyl (C=O) groups is 2. The summed E-state index contributed by atoms with van der Waals surface area (Å²) in [5.74, 6) is 2.76. The first-order chi connectivity index (χ1) is 21.9. The standard InChI is InChI=1S/C33H39N3O7.C2H6/c1-22-17-30(42-5)31(19-28(22)34-20-24-7-6-15-36(24)21-37)43-16-14-32(38)35-33(23-8-10-25(39-2)11-9-23)27-13-12-26(40-3)18-29(27)41-4;1-2/h8-13,17-21,24,33H,6-7,14-16H2,1-5H3,(H,35,38);1-2H3. The largest absolute Gasteiger partial charge is 0.497 e. The molecule has 242 valence electrons. The second-order valence-corrected chi connectivity index (χ2v) is 10.1. The van der Waals surface area contributed by atoms with Crippen molar-refractivity contribution in [2.75, 3.05) is 41.6 Å².